The fraction of sp³-hybridized carbons (Fsp3) is 0.647. The van der Waals surface area contributed by atoms with Crippen LogP contribution in [0.15, 0.2) is 18.2 Å². The minimum absolute atomic E-state index is 0.479. The van der Waals surface area contributed by atoms with E-state index in [0.717, 1.165) is 25.8 Å². The standard InChI is InChI=1S/C17H25NO/c1-13-5-6-15(10-14(13)2)11-17(19)7-9-18-8-3-4-16(18)12-17/h5-6,10,16,19H,3-4,7-9,11-12H2,1-2H3. The van der Waals surface area contributed by atoms with Crippen molar-refractivity contribution < 1.29 is 5.11 Å². The smallest absolute Gasteiger partial charge is 0.0715 e. The van der Waals surface area contributed by atoms with E-state index < -0.39 is 5.60 Å². The Hall–Kier alpha value is -0.860. The molecule has 19 heavy (non-hydrogen) atoms. The third-order valence-corrected chi connectivity index (χ3v) is 5.08. The highest BCUT2D eigenvalue weighted by Crippen LogP contribution is 2.35. The number of hydrogen-bond acceptors (Lipinski definition) is 2. The lowest BCUT2D eigenvalue weighted by Gasteiger charge is -2.41. The van der Waals surface area contributed by atoms with Crippen molar-refractivity contribution in [3.8, 4) is 0 Å². The number of hydrogen-bond donors (Lipinski definition) is 1. The predicted octanol–water partition coefficient (Wildman–Crippen LogP) is 2.84. The molecular formula is C17H25NO. The first-order valence-corrected chi connectivity index (χ1v) is 7.58. The number of benzene rings is 1. The molecule has 0 bridgehead atoms. The van der Waals surface area contributed by atoms with E-state index >= 15 is 0 Å². The van der Waals surface area contributed by atoms with Crippen molar-refractivity contribution >= 4 is 0 Å². The molecule has 0 aromatic heterocycles. The number of aryl methyl sites for hydroxylation is 2. The molecule has 3 rings (SSSR count). The van der Waals surface area contributed by atoms with E-state index in [4.69, 9.17) is 0 Å². The summed E-state index contributed by atoms with van der Waals surface area (Å²) in [6, 6.07) is 7.24. The fourth-order valence-electron chi connectivity index (χ4n) is 3.77. The Labute approximate surface area is 116 Å². The maximum absolute atomic E-state index is 10.9. The van der Waals surface area contributed by atoms with Crippen molar-refractivity contribution in [3.63, 3.8) is 0 Å². The van der Waals surface area contributed by atoms with Gasteiger partial charge in [-0.2, -0.15) is 0 Å². The lowest BCUT2D eigenvalue weighted by atomic mass is 9.81. The van der Waals surface area contributed by atoms with Crippen molar-refractivity contribution in [1.82, 2.24) is 4.90 Å². The molecule has 2 aliphatic rings. The summed E-state index contributed by atoms with van der Waals surface area (Å²) < 4.78 is 0. The van der Waals surface area contributed by atoms with Crippen LogP contribution in [0.2, 0.25) is 0 Å². The van der Waals surface area contributed by atoms with Gasteiger partial charge < -0.3 is 10.0 Å². The third kappa shape index (κ3) is 2.70. The van der Waals surface area contributed by atoms with Gasteiger partial charge in [0.2, 0.25) is 0 Å². The average molecular weight is 259 g/mol. The second-order valence-corrected chi connectivity index (χ2v) is 6.61. The van der Waals surface area contributed by atoms with Gasteiger partial charge in [-0.1, -0.05) is 18.2 Å². The molecule has 2 heterocycles. The highest BCUT2D eigenvalue weighted by Gasteiger charge is 2.40. The highest BCUT2D eigenvalue weighted by molar-refractivity contribution is 5.31. The summed E-state index contributed by atoms with van der Waals surface area (Å²) in [5.41, 5.74) is 3.48. The monoisotopic (exact) mass is 259 g/mol. The molecule has 0 amide bonds. The van der Waals surface area contributed by atoms with Crippen LogP contribution in [0.3, 0.4) is 0 Å². The van der Waals surface area contributed by atoms with Crippen molar-refractivity contribution in [2.45, 2.75) is 57.6 Å². The molecule has 2 fully saturated rings. The zero-order chi connectivity index (χ0) is 13.5. The van der Waals surface area contributed by atoms with Gasteiger partial charge in [0.1, 0.15) is 0 Å². The van der Waals surface area contributed by atoms with Crippen molar-refractivity contribution in [1.29, 1.82) is 0 Å². The van der Waals surface area contributed by atoms with Crippen molar-refractivity contribution in [3.05, 3.63) is 34.9 Å². The Kier molecular flexibility index (Phi) is 3.40. The molecule has 0 spiro atoms. The van der Waals surface area contributed by atoms with Gasteiger partial charge in [0.25, 0.3) is 0 Å². The first-order chi connectivity index (χ1) is 9.06. The number of fused-ring (bicyclic) bond motifs is 1. The predicted molar refractivity (Wildman–Crippen MR) is 78.4 cm³/mol. The summed E-state index contributed by atoms with van der Waals surface area (Å²) in [5, 5.41) is 10.9. The first-order valence-electron chi connectivity index (χ1n) is 7.58. The van der Waals surface area contributed by atoms with Gasteiger partial charge in [-0.25, -0.2) is 0 Å². The molecule has 1 aromatic rings. The van der Waals surface area contributed by atoms with Gasteiger partial charge >= 0.3 is 0 Å². The summed E-state index contributed by atoms with van der Waals surface area (Å²) in [5.74, 6) is 0. The zero-order valence-electron chi connectivity index (χ0n) is 12.2. The van der Waals surface area contributed by atoms with Gasteiger partial charge in [0, 0.05) is 19.0 Å². The van der Waals surface area contributed by atoms with Crippen LogP contribution >= 0.6 is 0 Å². The van der Waals surface area contributed by atoms with Crippen LogP contribution in [-0.4, -0.2) is 34.7 Å². The molecule has 0 aliphatic carbocycles. The van der Waals surface area contributed by atoms with E-state index in [1.807, 2.05) is 0 Å². The number of rotatable bonds is 2. The van der Waals surface area contributed by atoms with Crippen LogP contribution in [0.4, 0.5) is 0 Å². The second-order valence-electron chi connectivity index (χ2n) is 6.61. The average Bonchev–Trinajstić information content (AvgIpc) is 2.80. The molecule has 2 atom stereocenters. The second kappa shape index (κ2) is 4.92. The van der Waals surface area contributed by atoms with Crippen LogP contribution in [0.5, 0.6) is 0 Å². The quantitative estimate of drug-likeness (QED) is 0.883. The lowest BCUT2D eigenvalue weighted by molar-refractivity contribution is -0.0354. The normalized spacial score (nSPS) is 31.4. The van der Waals surface area contributed by atoms with E-state index in [1.165, 1.54) is 36.1 Å². The van der Waals surface area contributed by atoms with Crippen LogP contribution < -0.4 is 0 Å². The maximum Gasteiger partial charge on any atom is 0.0715 e. The van der Waals surface area contributed by atoms with Crippen LogP contribution in [0.1, 0.15) is 42.4 Å². The molecule has 0 radical (unpaired) electrons. The Morgan fingerprint density at radius 1 is 1.26 bits per heavy atom. The molecule has 2 saturated heterocycles. The summed E-state index contributed by atoms with van der Waals surface area (Å²) in [4.78, 5) is 2.56. The molecule has 2 nitrogen and oxygen atoms in total. The first kappa shape index (κ1) is 13.1. The van der Waals surface area contributed by atoms with E-state index in [9.17, 15) is 5.11 Å². The molecule has 1 N–H and O–H groups in total. The SMILES string of the molecule is Cc1ccc(CC2(O)CCN3CCCC3C2)cc1C. The molecule has 0 saturated carbocycles. The molecule has 2 heteroatoms. The zero-order valence-corrected chi connectivity index (χ0v) is 12.2. The summed E-state index contributed by atoms with van der Waals surface area (Å²) >= 11 is 0. The van der Waals surface area contributed by atoms with E-state index in [2.05, 4.69) is 36.9 Å². The molecular weight excluding hydrogens is 234 g/mol. The summed E-state index contributed by atoms with van der Waals surface area (Å²) in [7, 11) is 0. The van der Waals surface area contributed by atoms with Gasteiger partial charge in [-0.3, -0.25) is 0 Å². The van der Waals surface area contributed by atoms with Gasteiger partial charge in [-0.05, 0) is 62.8 Å². The van der Waals surface area contributed by atoms with Crippen molar-refractivity contribution in [2.75, 3.05) is 13.1 Å². The Balaban J connectivity index is 1.72. The Bertz CT molecular complexity index is 470. The Morgan fingerprint density at radius 2 is 2.11 bits per heavy atom. The maximum atomic E-state index is 10.9. The lowest BCUT2D eigenvalue weighted by Crippen LogP contribution is -2.48. The molecule has 2 unspecified atom stereocenters. The van der Waals surface area contributed by atoms with Gasteiger partial charge in [0.05, 0.1) is 5.60 Å². The summed E-state index contributed by atoms with van der Waals surface area (Å²) in [6.45, 7) is 6.61. The number of nitrogens with zero attached hydrogens (tertiary/aromatic N) is 1. The van der Waals surface area contributed by atoms with Crippen molar-refractivity contribution in [2.24, 2.45) is 0 Å². The van der Waals surface area contributed by atoms with Crippen LogP contribution in [0.25, 0.3) is 0 Å². The van der Waals surface area contributed by atoms with E-state index in [0.29, 0.717) is 6.04 Å². The van der Waals surface area contributed by atoms with Gasteiger partial charge in [0.15, 0.2) is 0 Å². The molecule has 2 aliphatic heterocycles. The van der Waals surface area contributed by atoms with E-state index in [1.54, 1.807) is 0 Å². The van der Waals surface area contributed by atoms with Crippen LogP contribution in [0, 0.1) is 13.8 Å². The fourth-order valence-corrected chi connectivity index (χ4v) is 3.77. The Morgan fingerprint density at radius 3 is 2.89 bits per heavy atom. The van der Waals surface area contributed by atoms with E-state index in [-0.39, 0.29) is 0 Å². The minimum atomic E-state index is -0.479. The largest absolute Gasteiger partial charge is 0.389 e. The van der Waals surface area contributed by atoms with Gasteiger partial charge in [-0.15, -0.1) is 0 Å². The van der Waals surface area contributed by atoms with Crippen LogP contribution in [-0.2, 0) is 6.42 Å². The molecule has 104 valence electrons. The topological polar surface area (TPSA) is 23.5 Å². The number of aliphatic hydroxyl groups is 1. The molecule has 1 aromatic carbocycles. The highest BCUT2D eigenvalue weighted by atomic mass is 16.3. The third-order valence-electron chi connectivity index (χ3n) is 5.08. The number of piperidine rings is 1. The summed E-state index contributed by atoms with van der Waals surface area (Å²) in [6.07, 6.45) is 5.29. The minimum Gasteiger partial charge on any atom is -0.389 e.